The van der Waals surface area contributed by atoms with Gasteiger partial charge in [-0.2, -0.15) is 13.2 Å². The molecule has 0 aliphatic carbocycles. The molecule has 1 heterocycles. The van der Waals surface area contributed by atoms with Gasteiger partial charge in [0.2, 0.25) is 0 Å². The van der Waals surface area contributed by atoms with E-state index in [1.807, 2.05) is 0 Å². The molecule has 1 amide bonds. The van der Waals surface area contributed by atoms with Crippen LogP contribution in [0.1, 0.15) is 0 Å². The molecule has 1 unspecified atom stereocenters. The number of carbonyl (C=O) groups is 2. The Morgan fingerprint density at radius 3 is 2.50 bits per heavy atom. The molecule has 1 atom stereocenters. The second-order valence-corrected chi connectivity index (χ2v) is 3.94. The largest absolute Gasteiger partial charge is 0.478 e. The first-order valence-corrected chi connectivity index (χ1v) is 4.61. The molecule has 0 aromatic rings. The summed E-state index contributed by atoms with van der Waals surface area (Å²) in [5.74, 6) is -2.64. The molecule has 0 bridgehead atoms. The summed E-state index contributed by atoms with van der Waals surface area (Å²) in [6.45, 7) is 0. The summed E-state index contributed by atoms with van der Waals surface area (Å²) in [7, 11) is 0.768. The average molecular weight is 257 g/mol. The lowest BCUT2D eigenvalue weighted by atomic mass is 10.4. The summed E-state index contributed by atoms with van der Waals surface area (Å²) in [5, 5.41) is 6.99. The number of aliphatic carboxylic acids is 1. The van der Waals surface area contributed by atoms with Crippen LogP contribution in [0.4, 0.5) is 13.2 Å². The van der Waals surface area contributed by atoms with Crippen molar-refractivity contribution in [3.05, 3.63) is 11.0 Å². The van der Waals surface area contributed by atoms with E-state index in [1.54, 1.807) is 5.32 Å². The monoisotopic (exact) mass is 257 g/mol. The second kappa shape index (κ2) is 3.98. The molecule has 0 saturated carbocycles. The highest BCUT2D eigenvalue weighted by molar-refractivity contribution is 8.05. The van der Waals surface area contributed by atoms with E-state index in [1.165, 1.54) is 0 Å². The summed E-state index contributed by atoms with van der Waals surface area (Å²) in [5.41, 5.74) is 0. The maximum absolute atomic E-state index is 12.6. The van der Waals surface area contributed by atoms with Gasteiger partial charge < -0.3 is 15.2 Å². The number of amides is 1. The van der Waals surface area contributed by atoms with Crippen LogP contribution >= 0.6 is 11.8 Å². The van der Waals surface area contributed by atoms with Gasteiger partial charge in [-0.1, -0.05) is 11.8 Å². The number of nitrogens with one attached hydrogen (secondary N) is 1. The Balaban J connectivity index is 3.06. The molecule has 16 heavy (non-hydrogen) atoms. The lowest BCUT2D eigenvalue weighted by molar-refractivity contribution is -0.237. The minimum Gasteiger partial charge on any atom is -0.478 e. The van der Waals surface area contributed by atoms with E-state index in [9.17, 15) is 22.8 Å². The lowest BCUT2D eigenvalue weighted by Crippen LogP contribution is -2.53. The number of carboxylic acids is 1. The highest BCUT2D eigenvalue weighted by atomic mass is 32.2. The zero-order valence-electron chi connectivity index (χ0n) is 7.79. The molecular formula is C7H6F3NO4S. The number of rotatable bonds is 2. The fraction of sp³-hybridized carbons (Fsp3) is 0.429. The third-order valence-electron chi connectivity index (χ3n) is 1.67. The van der Waals surface area contributed by atoms with Crippen molar-refractivity contribution in [1.29, 1.82) is 0 Å². The van der Waals surface area contributed by atoms with Crippen molar-refractivity contribution >= 4 is 23.6 Å². The zero-order chi connectivity index (χ0) is 12.6. The van der Waals surface area contributed by atoms with Crippen molar-refractivity contribution in [2.24, 2.45) is 0 Å². The van der Waals surface area contributed by atoms with Crippen molar-refractivity contribution in [3.8, 4) is 0 Å². The Kier molecular flexibility index (Phi) is 3.20. The van der Waals surface area contributed by atoms with Crippen LogP contribution in [0.2, 0.25) is 0 Å². The summed E-state index contributed by atoms with van der Waals surface area (Å²) in [6, 6.07) is 0. The van der Waals surface area contributed by atoms with E-state index >= 15 is 0 Å². The van der Waals surface area contributed by atoms with Crippen LogP contribution in [0.15, 0.2) is 11.0 Å². The van der Waals surface area contributed by atoms with Gasteiger partial charge in [0.05, 0.1) is 4.91 Å². The zero-order valence-corrected chi connectivity index (χ0v) is 8.61. The first kappa shape index (κ1) is 12.8. The molecule has 1 rings (SSSR count). The van der Waals surface area contributed by atoms with Gasteiger partial charge in [-0.15, -0.1) is 0 Å². The Bertz CT molecular complexity index is 367. The fourth-order valence-corrected chi connectivity index (χ4v) is 1.94. The number of thioether (sulfide) groups is 1. The third kappa shape index (κ3) is 2.14. The fourth-order valence-electron chi connectivity index (χ4n) is 0.982. The SMILES string of the molecule is COC1(C(F)(F)F)NC(=O)C(=CC(=O)O)S1. The summed E-state index contributed by atoms with van der Waals surface area (Å²) < 4.78 is 41.9. The van der Waals surface area contributed by atoms with Gasteiger partial charge in [0, 0.05) is 13.2 Å². The number of ether oxygens (including phenoxy) is 1. The van der Waals surface area contributed by atoms with Crippen LogP contribution < -0.4 is 5.32 Å². The van der Waals surface area contributed by atoms with Gasteiger partial charge in [0.15, 0.2) is 0 Å². The quantitative estimate of drug-likeness (QED) is 0.711. The molecule has 2 N–H and O–H groups in total. The molecule has 1 aliphatic rings. The second-order valence-electron chi connectivity index (χ2n) is 2.72. The average Bonchev–Trinajstić information content (AvgIpc) is 2.42. The summed E-state index contributed by atoms with van der Waals surface area (Å²) in [6.07, 6.45) is -4.46. The van der Waals surface area contributed by atoms with E-state index < -0.39 is 28.0 Å². The van der Waals surface area contributed by atoms with Gasteiger partial charge in [-0.3, -0.25) is 4.79 Å². The lowest BCUT2D eigenvalue weighted by Gasteiger charge is -2.27. The Morgan fingerprint density at radius 2 is 2.19 bits per heavy atom. The smallest absolute Gasteiger partial charge is 0.447 e. The summed E-state index contributed by atoms with van der Waals surface area (Å²) >= 11 is -0.0261. The third-order valence-corrected chi connectivity index (χ3v) is 2.98. The number of alkyl halides is 3. The Labute approximate surface area is 91.6 Å². The number of methoxy groups -OCH3 is 1. The number of halogens is 3. The van der Waals surface area contributed by atoms with Crippen LogP contribution in [0.5, 0.6) is 0 Å². The molecule has 1 aliphatic heterocycles. The number of carboxylic acid groups (broad SMARTS) is 1. The first-order valence-electron chi connectivity index (χ1n) is 3.80. The molecule has 0 spiro atoms. The number of hydrogen-bond acceptors (Lipinski definition) is 4. The van der Waals surface area contributed by atoms with Crippen LogP contribution in [0.25, 0.3) is 0 Å². The minimum atomic E-state index is -4.85. The molecule has 90 valence electrons. The van der Waals surface area contributed by atoms with Crippen LogP contribution in [0.3, 0.4) is 0 Å². The van der Waals surface area contributed by atoms with E-state index in [2.05, 4.69) is 4.74 Å². The summed E-state index contributed by atoms with van der Waals surface area (Å²) in [4.78, 5) is 20.8. The van der Waals surface area contributed by atoms with Crippen molar-refractivity contribution in [2.75, 3.05) is 7.11 Å². The van der Waals surface area contributed by atoms with Crippen LogP contribution in [-0.2, 0) is 14.3 Å². The van der Waals surface area contributed by atoms with Crippen LogP contribution in [0, 0.1) is 0 Å². The highest BCUT2D eigenvalue weighted by Crippen LogP contribution is 2.47. The van der Waals surface area contributed by atoms with E-state index in [4.69, 9.17) is 5.11 Å². The van der Waals surface area contributed by atoms with Crippen molar-refractivity contribution < 1.29 is 32.6 Å². The highest BCUT2D eigenvalue weighted by Gasteiger charge is 2.62. The van der Waals surface area contributed by atoms with E-state index in [0.717, 1.165) is 7.11 Å². The molecule has 1 saturated heterocycles. The van der Waals surface area contributed by atoms with Crippen molar-refractivity contribution in [3.63, 3.8) is 0 Å². The maximum Gasteiger partial charge on any atom is 0.447 e. The molecule has 5 nitrogen and oxygen atoms in total. The minimum absolute atomic E-state index is 0.0261. The maximum atomic E-state index is 12.6. The molecule has 9 heteroatoms. The van der Waals surface area contributed by atoms with Gasteiger partial charge >= 0.3 is 12.1 Å². The molecule has 0 aromatic carbocycles. The molecule has 0 aromatic heterocycles. The predicted octanol–water partition coefficient (Wildman–Crippen LogP) is 0.680. The van der Waals surface area contributed by atoms with Crippen molar-refractivity contribution in [2.45, 2.75) is 11.2 Å². The molecule has 0 radical (unpaired) electrons. The van der Waals surface area contributed by atoms with Gasteiger partial charge in [0.1, 0.15) is 0 Å². The van der Waals surface area contributed by atoms with Crippen LogP contribution in [-0.4, -0.2) is 35.3 Å². The van der Waals surface area contributed by atoms with Gasteiger partial charge in [0.25, 0.3) is 11.0 Å². The predicted molar refractivity (Wildman–Crippen MR) is 47.2 cm³/mol. The van der Waals surface area contributed by atoms with Crippen molar-refractivity contribution in [1.82, 2.24) is 5.32 Å². The molecular weight excluding hydrogens is 251 g/mol. The standard InChI is InChI=1S/C7H6F3NO4S/c1-15-7(6(8,9)10)11-5(14)3(16-7)2-4(12)13/h2H,1H3,(H,11,14)(H,12,13). The Hall–Kier alpha value is -1.22. The first-order chi connectivity index (χ1) is 7.22. The Morgan fingerprint density at radius 1 is 1.62 bits per heavy atom. The topological polar surface area (TPSA) is 75.6 Å². The number of hydrogen-bond donors (Lipinski definition) is 2. The van der Waals surface area contributed by atoms with Gasteiger partial charge in [-0.25, -0.2) is 4.79 Å². The van der Waals surface area contributed by atoms with E-state index in [-0.39, 0.29) is 11.8 Å². The van der Waals surface area contributed by atoms with Gasteiger partial charge in [-0.05, 0) is 0 Å². The normalized spacial score (nSPS) is 28.2. The van der Waals surface area contributed by atoms with E-state index in [0.29, 0.717) is 6.08 Å². The molecule has 1 fully saturated rings. The number of carbonyl (C=O) groups excluding carboxylic acids is 1.